The van der Waals surface area contributed by atoms with Crippen molar-refractivity contribution in [2.75, 3.05) is 0 Å². The molecule has 0 atom stereocenters. The molecule has 0 spiro atoms. The zero-order valence-corrected chi connectivity index (χ0v) is 12.7. The molecule has 0 N–H and O–H groups in total. The summed E-state index contributed by atoms with van der Waals surface area (Å²) < 4.78 is 30.2. The summed E-state index contributed by atoms with van der Waals surface area (Å²) in [6.07, 6.45) is 0.564. The van der Waals surface area contributed by atoms with Gasteiger partial charge in [0.1, 0.15) is 0 Å². The van der Waals surface area contributed by atoms with Crippen LogP contribution in [0.3, 0.4) is 0 Å². The van der Waals surface area contributed by atoms with Crippen molar-refractivity contribution in [2.24, 2.45) is 0 Å². The number of hydrogen-bond donors (Lipinski definition) is 0. The molecule has 3 aromatic heterocycles. The van der Waals surface area contributed by atoms with Crippen LogP contribution in [-0.2, 0) is 13.1 Å². The Bertz CT molecular complexity index is 819. The highest BCUT2D eigenvalue weighted by Crippen LogP contribution is 2.32. The van der Waals surface area contributed by atoms with Gasteiger partial charge in [-0.3, -0.25) is 4.68 Å². The predicted octanol–water partition coefficient (Wildman–Crippen LogP) is 3.58. The van der Waals surface area contributed by atoms with Crippen molar-refractivity contribution in [3.63, 3.8) is 0 Å². The molecular weight excluding hydrogens is 288 g/mol. The molecule has 0 bridgehead atoms. The van der Waals surface area contributed by atoms with Crippen molar-refractivity contribution in [1.82, 2.24) is 24.5 Å². The SMILES string of the molecule is CCn1ncc(-c2cc(C(F)F)c3cnn(CC)c3n2)c1C. The van der Waals surface area contributed by atoms with Crippen LogP contribution < -0.4 is 0 Å². The van der Waals surface area contributed by atoms with Crippen molar-refractivity contribution < 1.29 is 8.78 Å². The molecule has 0 unspecified atom stereocenters. The quantitative estimate of drug-likeness (QED) is 0.740. The molecule has 0 saturated carbocycles. The van der Waals surface area contributed by atoms with Gasteiger partial charge in [0.25, 0.3) is 6.43 Å². The van der Waals surface area contributed by atoms with Gasteiger partial charge in [0, 0.05) is 35.3 Å². The summed E-state index contributed by atoms with van der Waals surface area (Å²) in [6, 6.07) is 1.44. The van der Waals surface area contributed by atoms with Gasteiger partial charge in [0.15, 0.2) is 5.65 Å². The third-order valence-electron chi connectivity index (χ3n) is 3.85. The van der Waals surface area contributed by atoms with Crippen LogP contribution in [0.25, 0.3) is 22.3 Å². The molecule has 0 aliphatic carbocycles. The fourth-order valence-corrected chi connectivity index (χ4v) is 2.64. The minimum absolute atomic E-state index is 0.0386. The number of rotatable bonds is 4. The molecule has 0 aromatic carbocycles. The lowest BCUT2D eigenvalue weighted by atomic mass is 10.1. The van der Waals surface area contributed by atoms with Gasteiger partial charge >= 0.3 is 0 Å². The van der Waals surface area contributed by atoms with Gasteiger partial charge < -0.3 is 0 Å². The molecule has 0 aliphatic rings. The summed E-state index contributed by atoms with van der Waals surface area (Å²) in [5.41, 5.74) is 2.64. The van der Waals surface area contributed by atoms with E-state index in [1.807, 2.05) is 25.5 Å². The zero-order valence-electron chi connectivity index (χ0n) is 12.7. The summed E-state index contributed by atoms with van der Waals surface area (Å²) >= 11 is 0. The average molecular weight is 305 g/mol. The van der Waals surface area contributed by atoms with Gasteiger partial charge in [-0.1, -0.05) is 0 Å². The second-order valence-corrected chi connectivity index (χ2v) is 5.05. The normalized spacial score (nSPS) is 11.7. The summed E-state index contributed by atoms with van der Waals surface area (Å²) in [7, 11) is 0. The Labute approximate surface area is 126 Å². The molecule has 0 saturated heterocycles. The molecule has 0 amide bonds. The number of aryl methyl sites for hydroxylation is 2. The molecule has 3 heterocycles. The van der Waals surface area contributed by atoms with E-state index in [0.29, 0.717) is 23.3 Å². The van der Waals surface area contributed by atoms with Crippen molar-refractivity contribution in [2.45, 2.75) is 40.3 Å². The van der Waals surface area contributed by atoms with Crippen molar-refractivity contribution in [1.29, 1.82) is 0 Å². The van der Waals surface area contributed by atoms with E-state index in [0.717, 1.165) is 17.8 Å². The van der Waals surface area contributed by atoms with Gasteiger partial charge in [-0.05, 0) is 26.8 Å². The average Bonchev–Trinajstić information content (AvgIpc) is 3.08. The lowest BCUT2D eigenvalue weighted by Crippen LogP contribution is -2.01. The van der Waals surface area contributed by atoms with Gasteiger partial charge in [-0.15, -0.1) is 0 Å². The van der Waals surface area contributed by atoms with Crippen LogP contribution in [0.15, 0.2) is 18.5 Å². The van der Waals surface area contributed by atoms with Crippen LogP contribution in [0.2, 0.25) is 0 Å². The van der Waals surface area contributed by atoms with Crippen molar-refractivity contribution in [3.05, 3.63) is 29.7 Å². The maximum absolute atomic E-state index is 13.4. The molecular formula is C15H17F2N5. The molecule has 22 heavy (non-hydrogen) atoms. The van der Waals surface area contributed by atoms with E-state index in [1.54, 1.807) is 10.9 Å². The third kappa shape index (κ3) is 2.17. The Morgan fingerprint density at radius 3 is 2.36 bits per heavy atom. The highest BCUT2D eigenvalue weighted by Gasteiger charge is 2.19. The van der Waals surface area contributed by atoms with Crippen molar-refractivity contribution >= 4 is 11.0 Å². The second-order valence-electron chi connectivity index (χ2n) is 5.05. The van der Waals surface area contributed by atoms with E-state index < -0.39 is 6.43 Å². The van der Waals surface area contributed by atoms with E-state index >= 15 is 0 Å². The predicted molar refractivity (Wildman–Crippen MR) is 79.8 cm³/mol. The lowest BCUT2D eigenvalue weighted by molar-refractivity contribution is 0.153. The highest BCUT2D eigenvalue weighted by atomic mass is 19.3. The molecule has 3 rings (SSSR count). The monoisotopic (exact) mass is 305 g/mol. The first-order valence-electron chi connectivity index (χ1n) is 7.24. The van der Waals surface area contributed by atoms with Crippen LogP contribution in [0, 0.1) is 6.92 Å². The van der Waals surface area contributed by atoms with Crippen LogP contribution in [0.1, 0.15) is 31.5 Å². The van der Waals surface area contributed by atoms with Gasteiger partial charge in [-0.25, -0.2) is 18.4 Å². The van der Waals surface area contributed by atoms with Gasteiger partial charge in [0.2, 0.25) is 0 Å². The Morgan fingerprint density at radius 2 is 1.77 bits per heavy atom. The minimum Gasteiger partial charge on any atom is -0.269 e. The lowest BCUT2D eigenvalue weighted by Gasteiger charge is -2.08. The largest absolute Gasteiger partial charge is 0.269 e. The fraction of sp³-hybridized carbons (Fsp3) is 0.400. The number of alkyl halides is 2. The maximum Gasteiger partial charge on any atom is 0.264 e. The van der Waals surface area contributed by atoms with E-state index in [2.05, 4.69) is 15.2 Å². The number of fused-ring (bicyclic) bond motifs is 1. The first kappa shape index (κ1) is 14.6. The van der Waals surface area contributed by atoms with Gasteiger partial charge in [-0.2, -0.15) is 10.2 Å². The van der Waals surface area contributed by atoms with E-state index in [9.17, 15) is 8.78 Å². The minimum atomic E-state index is -2.57. The highest BCUT2D eigenvalue weighted by molar-refractivity contribution is 5.82. The van der Waals surface area contributed by atoms with E-state index in [4.69, 9.17) is 0 Å². The molecule has 5 nitrogen and oxygen atoms in total. The van der Waals surface area contributed by atoms with Crippen molar-refractivity contribution in [3.8, 4) is 11.3 Å². The standard InChI is InChI=1S/C15H17F2N5/c1-4-21-9(3)11(7-18-21)13-6-10(14(16)17)12-8-19-22(5-2)15(12)20-13/h6-8,14H,4-5H2,1-3H3. The molecule has 0 radical (unpaired) electrons. The first-order valence-corrected chi connectivity index (χ1v) is 7.24. The Balaban J connectivity index is 2.27. The summed E-state index contributed by atoms with van der Waals surface area (Å²) in [4.78, 5) is 4.54. The Hall–Kier alpha value is -2.31. The van der Waals surface area contributed by atoms with E-state index in [1.165, 1.54) is 12.3 Å². The molecule has 0 fully saturated rings. The van der Waals surface area contributed by atoms with Crippen LogP contribution >= 0.6 is 0 Å². The summed E-state index contributed by atoms with van der Waals surface area (Å²) in [5, 5.41) is 8.80. The number of nitrogens with zero attached hydrogens (tertiary/aromatic N) is 5. The molecule has 7 heteroatoms. The van der Waals surface area contributed by atoms with Crippen LogP contribution in [0.4, 0.5) is 8.78 Å². The number of halogens is 2. The Morgan fingerprint density at radius 1 is 1.09 bits per heavy atom. The van der Waals surface area contributed by atoms with Gasteiger partial charge in [0.05, 0.1) is 18.1 Å². The van der Waals surface area contributed by atoms with Crippen LogP contribution in [-0.4, -0.2) is 24.5 Å². The smallest absolute Gasteiger partial charge is 0.264 e. The Kier molecular flexibility index (Phi) is 3.64. The summed E-state index contributed by atoms with van der Waals surface area (Å²) in [5.74, 6) is 0. The topological polar surface area (TPSA) is 48.5 Å². The second kappa shape index (κ2) is 5.47. The third-order valence-corrected chi connectivity index (χ3v) is 3.85. The summed E-state index contributed by atoms with van der Waals surface area (Å²) in [6.45, 7) is 7.11. The fourth-order valence-electron chi connectivity index (χ4n) is 2.64. The maximum atomic E-state index is 13.4. The number of pyridine rings is 1. The first-order chi connectivity index (χ1) is 10.6. The number of hydrogen-bond acceptors (Lipinski definition) is 3. The molecule has 0 aliphatic heterocycles. The van der Waals surface area contributed by atoms with E-state index in [-0.39, 0.29) is 5.56 Å². The van der Waals surface area contributed by atoms with Crippen LogP contribution in [0.5, 0.6) is 0 Å². The number of aromatic nitrogens is 5. The molecule has 116 valence electrons. The molecule has 3 aromatic rings. The zero-order chi connectivity index (χ0) is 15.9.